The summed E-state index contributed by atoms with van der Waals surface area (Å²) in [6.07, 6.45) is 3.66. The highest BCUT2D eigenvalue weighted by molar-refractivity contribution is 5.67. The second-order valence-corrected chi connectivity index (χ2v) is 5.85. The molecule has 0 amide bonds. The minimum absolute atomic E-state index is 0.562. The first kappa shape index (κ1) is 11.1. The van der Waals surface area contributed by atoms with Crippen LogP contribution in [0.2, 0.25) is 0 Å². The Hall–Kier alpha value is -1.76. The lowest BCUT2D eigenvalue weighted by Gasteiger charge is -2.39. The van der Waals surface area contributed by atoms with Crippen molar-refractivity contribution in [3.63, 3.8) is 0 Å². The fourth-order valence-electron chi connectivity index (χ4n) is 3.88. The van der Waals surface area contributed by atoms with Crippen LogP contribution in [0.3, 0.4) is 0 Å². The van der Waals surface area contributed by atoms with E-state index in [1.807, 2.05) is 0 Å². The molecule has 2 aromatic rings. The average molecular weight is 249 g/mol. The van der Waals surface area contributed by atoms with Gasteiger partial charge in [-0.05, 0) is 42.9 Å². The van der Waals surface area contributed by atoms with Gasteiger partial charge in [-0.15, -0.1) is 0 Å². The molecule has 19 heavy (non-hydrogen) atoms. The largest absolute Gasteiger partial charge is 0.361 e. The summed E-state index contributed by atoms with van der Waals surface area (Å²) in [6, 6.07) is 19.0. The van der Waals surface area contributed by atoms with Crippen molar-refractivity contribution in [2.24, 2.45) is 0 Å². The van der Waals surface area contributed by atoms with Crippen molar-refractivity contribution in [3.05, 3.63) is 65.2 Å². The normalized spacial score (nSPS) is 24.4. The topological polar surface area (TPSA) is 3.24 Å². The molecule has 2 atom stereocenters. The van der Waals surface area contributed by atoms with Crippen molar-refractivity contribution in [2.45, 2.75) is 38.3 Å². The van der Waals surface area contributed by atoms with Crippen molar-refractivity contribution < 1.29 is 0 Å². The molecule has 4 rings (SSSR count). The molecular formula is C18H19N. The zero-order chi connectivity index (χ0) is 12.8. The number of anilines is 1. The van der Waals surface area contributed by atoms with Crippen LogP contribution in [0.4, 0.5) is 5.69 Å². The molecule has 0 aliphatic carbocycles. The molecule has 0 saturated carbocycles. The van der Waals surface area contributed by atoms with Gasteiger partial charge in [-0.25, -0.2) is 0 Å². The lowest BCUT2D eigenvalue weighted by atomic mass is 9.91. The molecule has 2 aromatic carbocycles. The zero-order valence-electron chi connectivity index (χ0n) is 11.3. The predicted octanol–water partition coefficient (Wildman–Crippen LogP) is 4.13. The smallest absolute Gasteiger partial charge is 0.0548 e. The first-order valence-corrected chi connectivity index (χ1v) is 7.28. The number of aryl methyl sites for hydroxylation is 1. The Balaban J connectivity index is 1.83. The van der Waals surface area contributed by atoms with E-state index in [0.29, 0.717) is 12.1 Å². The van der Waals surface area contributed by atoms with Gasteiger partial charge in [0, 0.05) is 11.7 Å². The summed E-state index contributed by atoms with van der Waals surface area (Å²) in [5.74, 6) is 0. The fourth-order valence-corrected chi connectivity index (χ4v) is 3.88. The zero-order valence-corrected chi connectivity index (χ0v) is 11.3. The van der Waals surface area contributed by atoms with E-state index in [-0.39, 0.29) is 0 Å². The van der Waals surface area contributed by atoms with Crippen LogP contribution in [0.1, 0.15) is 36.1 Å². The van der Waals surface area contributed by atoms with E-state index in [1.54, 1.807) is 11.1 Å². The Morgan fingerprint density at radius 3 is 2.58 bits per heavy atom. The molecule has 0 unspecified atom stereocenters. The van der Waals surface area contributed by atoms with E-state index >= 15 is 0 Å². The number of benzene rings is 2. The maximum Gasteiger partial charge on any atom is 0.0548 e. The summed E-state index contributed by atoms with van der Waals surface area (Å²) in [5.41, 5.74) is 6.10. The van der Waals surface area contributed by atoms with Crippen LogP contribution in [-0.2, 0) is 12.8 Å². The van der Waals surface area contributed by atoms with E-state index in [1.165, 1.54) is 30.5 Å². The summed E-state index contributed by atoms with van der Waals surface area (Å²) in [4.78, 5) is 2.67. The lowest BCUT2D eigenvalue weighted by molar-refractivity contribution is 0.513. The summed E-state index contributed by atoms with van der Waals surface area (Å²) in [5, 5.41) is 0. The van der Waals surface area contributed by atoms with Crippen LogP contribution in [-0.4, -0.2) is 6.04 Å². The molecule has 0 bridgehead atoms. The molecule has 2 aliphatic rings. The highest BCUT2D eigenvalue weighted by Gasteiger charge is 2.36. The van der Waals surface area contributed by atoms with Crippen LogP contribution < -0.4 is 4.90 Å². The molecule has 2 aliphatic heterocycles. The van der Waals surface area contributed by atoms with E-state index in [4.69, 9.17) is 0 Å². The third-order valence-electron chi connectivity index (χ3n) is 4.66. The van der Waals surface area contributed by atoms with E-state index in [9.17, 15) is 0 Å². The van der Waals surface area contributed by atoms with Crippen LogP contribution >= 0.6 is 0 Å². The van der Waals surface area contributed by atoms with Crippen molar-refractivity contribution in [1.29, 1.82) is 0 Å². The number of rotatable bonds is 1. The maximum absolute atomic E-state index is 2.67. The highest BCUT2D eigenvalue weighted by Crippen LogP contribution is 2.46. The standard InChI is InChI=1S/C18H19N/c1-13-12-16-9-5-8-15-10-11-17(19(13)18(15)16)14-6-3-2-4-7-14/h2-9,13,17H,10-12H2,1H3/t13-,17-/m0/s1. The van der Waals surface area contributed by atoms with Crippen LogP contribution in [0.5, 0.6) is 0 Å². The highest BCUT2D eigenvalue weighted by atomic mass is 15.2. The summed E-state index contributed by atoms with van der Waals surface area (Å²) in [7, 11) is 0. The minimum atomic E-state index is 0.562. The van der Waals surface area contributed by atoms with Crippen LogP contribution in [0.25, 0.3) is 0 Å². The van der Waals surface area contributed by atoms with E-state index in [0.717, 1.165) is 0 Å². The van der Waals surface area contributed by atoms with Gasteiger partial charge in [0.05, 0.1) is 6.04 Å². The van der Waals surface area contributed by atoms with Gasteiger partial charge in [0.1, 0.15) is 0 Å². The Bertz CT molecular complexity index is 602. The predicted molar refractivity (Wildman–Crippen MR) is 79.6 cm³/mol. The Labute approximate surface area is 114 Å². The number of nitrogens with zero attached hydrogens (tertiary/aromatic N) is 1. The van der Waals surface area contributed by atoms with Crippen molar-refractivity contribution in [1.82, 2.24) is 0 Å². The van der Waals surface area contributed by atoms with Gasteiger partial charge in [0.2, 0.25) is 0 Å². The van der Waals surface area contributed by atoms with E-state index in [2.05, 4.69) is 60.4 Å². The van der Waals surface area contributed by atoms with Gasteiger partial charge < -0.3 is 4.90 Å². The van der Waals surface area contributed by atoms with Crippen molar-refractivity contribution >= 4 is 5.69 Å². The number of hydrogen-bond acceptors (Lipinski definition) is 1. The first-order chi connectivity index (χ1) is 9.34. The monoisotopic (exact) mass is 249 g/mol. The first-order valence-electron chi connectivity index (χ1n) is 7.28. The molecule has 1 heteroatoms. The second kappa shape index (κ2) is 4.12. The quantitative estimate of drug-likeness (QED) is 0.734. The molecule has 0 aromatic heterocycles. The van der Waals surface area contributed by atoms with Gasteiger partial charge in [0.25, 0.3) is 0 Å². The Morgan fingerprint density at radius 1 is 0.947 bits per heavy atom. The van der Waals surface area contributed by atoms with Crippen molar-refractivity contribution in [2.75, 3.05) is 4.90 Å². The molecule has 1 nitrogen and oxygen atoms in total. The molecule has 0 N–H and O–H groups in total. The molecular weight excluding hydrogens is 230 g/mol. The molecule has 2 heterocycles. The summed E-state index contributed by atoms with van der Waals surface area (Å²) >= 11 is 0. The van der Waals surface area contributed by atoms with Crippen molar-refractivity contribution in [3.8, 4) is 0 Å². The summed E-state index contributed by atoms with van der Waals surface area (Å²) in [6.45, 7) is 2.37. The Kier molecular flexibility index (Phi) is 2.41. The van der Waals surface area contributed by atoms with E-state index < -0.39 is 0 Å². The SMILES string of the molecule is C[C@H]1Cc2cccc3c2N1[C@H](c1ccccc1)CC3. The van der Waals surface area contributed by atoms with Gasteiger partial charge >= 0.3 is 0 Å². The summed E-state index contributed by atoms with van der Waals surface area (Å²) < 4.78 is 0. The Morgan fingerprint density at radius 2 is 1.74 bits per heavy atom. The third-order valence-corrected chi connectivity index (χ3v) is 4.66. The fraction of sp³-hybridized carbons (Fsp3) is 0.333. The lowest BCUT2D eigenvalue weighted by Crippen LogP contribution is -2.36. The maximum atomic E-state index is 2.67. The number of para-hydroxylation sites is 1. The van der Waals surface area contributed by atoms with Gasteiger partial charge in [-0.1, -0.05) is 48.5 Å². The van der Waals surface area contributed by atoms with Gasteiger partial charge in [-0.2, -0.15) is 0 Å². The molecule has 0 fully saturated rings. The molecule has 0 saturated heterocycles. The van der Waals surface area contributed by atoms with Crippen LogP contribution in [0.15, 0.2) is 48.5 Å². The van der Waals surface area contributed by atoms with Gasteiger partial charge in [0.15, 0.2) is 0 Å². The molecule has 0 spiro atoms. The minimum Gasteiger partial charge on any atom is -0.361 e. The van der Waals surface area contributed by atoms with Gasteiger partial charge in [-0.3, -0.25) is 0 Å². The van der Waals surface area contributed by atoms with Crippen LogP contribution in [0, 0.1) is 0 Å². The third kappa shape index (κ3) is 1.61. The number of hydrogen-bond donors (Lipinski definition) is 0. The second-order valence-electron chi connectivity index (χ2n) is 5.85. The molecule has 0 radical (unpaired) electrons. The average Bonchev–Trinajstić information content (AvgIpc) is 2.80. The molecule has 96 valence electrons.